The van der Waals surface area contributed by atoms with Crippen LogP contribution in [-0.2, 0) is 9.53 Å². The highest BCUT2D eigenvalue weighted by atomic mass is 35.5. The van der Waals surface area contributed by atoms with Crippen LogP contribution in [0.15, 0.2) is 84.0 Å². The Balaban J connectivity index is 2.10. The molecule has 1 aliphatic rings. The maximum atomic E-state index is 11.9. The molecule has 3 rings (SSSR count). The predicted octanol–water partition coefficient (Wildman–Crippen LogP) is 6.39. The summed E-state index contributed by atoms with van der Waals surface area (Å²) < 4.78 is 5.05. The van der Waals surface area contributed by atoms with Gasteiger partial charge in [0.15, 0.2) is 0 Å². The van der Waals surface area contributed by atoms with Crippen LogP contribution in [0.1, 0.15) is 37.3 Å². The molecule has 1 fully saturated rings. The minimum absolute atomic E-state index is 0.329. The second-order valence-electron chi connectivity index (χ2n) is 6.36. The van der Waals surface area contributed by atoms with Crippen molar-refractivity contribution in [1.29, 1.82) is 0 Å². The Morgan fingerprint density at radius 1 is 0.926 bits per heavy atom. The third-order valence-corrected chi connectivity index (χ3v) is 5.04. The Morgan fingerprint density at radius 3 is 2.15 bits per heavy atom. The molecular formula is C24H23ClO2. The lowest BCUT2D eigenvalue weighted by Gasteiger charge is -2.12. The van der Waals surface area contributed by atoms with Gasteiger partial charge >= 0.3 is 5.97 Å². The molecule has 2 nitrogen and oxygen atoms in total. The van der Waals surface area contributed by atoms with E-state index in [9.17, 15) is 4.79 Å². The van der Waals surface area contributed by atoms with Gasteiger partial charge in [-0.15, -0.1) is 0 Å². The van der Waals surface area contributed by atoms with Crippen molar-refractivity contribution in [3.63, 3.8) is 0 Å². The highest BCUT2D eigenvalue weighted by Crippen LogP contribution is 2.42. The number of allylic oxidation sites excluding steroid dienone is 4. The van der Waals surface area contributed by atoms with Gasteiger partial charge in [-0.25, -0.2) is 4.79 Å². The van der Waals surface area contributed by atoms with Crippen molar-refractivity contribution in [2.75, 3.05) is 6.61 Å². The number of ether oxygens (including phenoxy) is 1. The van der Waals surface area contributed by atoms with Crippen LogP contribution < -0.4 is 0 Å². The van der Waals surface area contributed by atoms with Gasteiger partial charge < -0.3 is 4.74 Å². The summed E-state index contributed by atoms with van der Waals surface area (Å²) >= 11 is 6.78. The lowest BCUT2D eigenvalue weighted by Crippen LogP contribution is -1.99. The van der Waals surface area contributed by atoms with Gasteiger partial charge in [-0.05, 0) is 60.1 Å². The molecular weight excluding hydrogens is 356 g/mol. The van der Waals surface area contributed by atoms with Crippen molar-refractivity contribution in [2.24, 2.45) is 0 Å². The fourth-order valence-corrected chi connectivity index (χ4v) is 3.71. The van der Waals surface area contributed by atoms with Gasteiger partial charge in [-0.1, -0.05) is 72.3 Å². The smallest absolute Gasteiger partial charge is 0.330 e. The molecule has 1 aliphatic carbocycles. The first-order valence-corrected chi connectivity index (χ1v) is 9.66. The van der Waals surface area contributed by atoms with Crippen LogP contribution in [0.25, 0.3) is 10.6 Å². The maximum absolute atomic E-state index is 11.9. The van der Waals surface area contributed by atoms with Crippen LogP contribution in [0, 0.1) is 0 Å². The second-order valence-corrected chi connectivity index (χ2v) is 6.73. The average molecular weight is 379 g/mol. The number of hydrogen-bond acceptors (Lipinski definition) is 2. The second kappa shape index (κ2) is 9.38. The fraction of sp³-hybridized carbons (Fsp3) is 0.208. The number of halogens is 1. The zero-order valence-electron chi connectivity index (χ0n) is 15.5. The number of esters is 1. The lowest BCUT2D eigenvalue weighted by molar-refractivity contribution is -0.137. The highest BCUT2D eigenvalue weighted by molar-refractivity contribution is 6.49. The fourth-order valence-electron chi connectivity index (χ4n) is 3.37. The molecule has 0 atom stereocenters. The molecule has 3 heteroatoms. The molecule has 2 aromatic carbocycles. The zero-order valence-corrected chi connectivity index (χ0v) is 16.2. The summed E-state index contributed by atoms with van der Waals surface area (Å²) in [5.74, 6) is -0.329. The van der Waals surface area contributed by atoms with Crippen molar-refractivity contribution in [1.82, 2.24) is 0 Å². The van der Waals surface area contributed by atoms with E-state index in [1.807, 2.05) is 54.6 Å². The van der Waals surface area contributed by atoms with E-state index >= 15 is 0 Å². The van der Waals surface area contributed by atoms with E-state index in [0.29, 0.717) is 6.61 Å². The van der Waals surface area contributed by atoms with Crippen molar-refractivity contribution in [3.8, 4) is 0 Å². The standard InChI is InChI=1S/C24H23ClO2/c1-2-27-23(26)17-16-20(18-10-5-3-6-11-18)21-14-9-15-22(21)24(25)19-12-7-4-8-13-19/h3-8,10-13,16-17H,2,9,14-15H2,1H3/b17-16+,21-20+,24-22-. The summed E-state index contributed by atoms with van der Waals surface area (Å²) in [5, 5.41) is 0.793. The number of carbonyl (C=O) groups excluding carboxylic acids is 1. The quantitative estimate of drug-likeness (QED) is 0.445. The van der Waals surface area contributed by atoms with Gasteiger partial charge in [0, 0.05) is 6.08 Å². The Morgan fingerprint density at radius 2 is 1.52 bits per heavy atom. The molecule has 2 aromatic rings. The molecule has 0 bridgehead atoms. The lowest BCUT2D eigenvalue weighted by atomic mass is 9.94. The molecule has 0 saturated heterocycles. The Labute approximate surface area is 165 Å². The molecule has 0 spiro atoms. The van der Waals surface area contributed by atoms with Gasteiger partial charge in [0.25, 0.3) is 0 Å². The maximum Gasteiger partial charge on any atom is 0.330 e. The Kier molecular flexibility index (Phi) is 6.67. The van der Waals surface area contributed by atoms with Crippen molar-refractivity contribution < 1.29 is 9.53 Å². The van der Waals surface area contributed by atoms with E-state index in [1.54, 1.807) is 6.92 Å². The van der Waals surface area contributed by atoms with E-state index in [2.05, 4.69) is 12.1 Å². The summed E-state index contributed by atoms with van der Waals surface area (Å²) in [6, 6.07) is 20.2. The first-order valence-electron chi connectivity index (χ1n) is 9.28. The highest BCUT2D eigenvalue weighted by Gasteiger charge is 2.21. The van der Waals surface area contributed by atoms with Gasteiger partial charge in [0.05, 0.1) is 11.6 Å². The normalized spacial score (nSPS) is 17.9. The van der Waals surface area contributed by atoms with Gasteiger partial charge in [-0.2, -0.15) is 0 Å². The minimum Gasteiger partial charge on any atom is -0.463 e. The summed E-state index contributed by atoms with van der Waals surface area (Å²) in [5.41, 5.74) is 5.50. The number of hydrogen-bond donors (Lipinski definition) is 0. The van der Waals surface area contributed by atoms with Gasteiger partial charge in [-0.3, -0.25) is 0 Å². The van der Waals surface area contributed by atoms with Crippen LogP contribution in [0.2, 0.25) is 0 Å². The monoisotopic (exact) mass is 378 g/mol. The van der Waals surface area contributed by atoms with E-state index < -0.39 is 0 Å². The van der Waals surface area contributed by atoms with Crippen LogP contribution in [0.5, 0.6) is 0 Å². The minimum atomic E-state index is -0.329. The van der Waals surface area contributed by atoms with Gasteiger partial charge in [0.1, 0.15) is 0 Å². The molecule has 0 aromatic heterocycles. The third kappa shape index (κ3) is 4.78. The molecule has 0 unspecified atom stereocenters. The molecule has 0 N–H and O–H groups in total. The molecule has 0 aliphatic heterocycles. The van der Waals surface area contributed by atoms with E-state index in [4.69, 9.17) is 16.3 Å². The van der Waals surface area contributed by atoms with Crippen molar-refractivity contribution in [3.05, 3.63) is 95.1 Å². The van der Waals surface area contributed by atoms with Crippen molar-refractivity contribution in [2.45, 2.75) is 26.2 Å². The SMILES string of the molecule is CCOC(=O)/C=C/C(=C1/CCC/C1=C(/Cl)c1ccccc1)c1ccccc1. The predicted molar refractivity (Wildman–Crippen MR) is 112 cm³/mol. The average Bonchev–Trinajstić information content (AvgIpc) is 3.19. The molecule has 0 heterocycles. The molecule has 138 valence electrons. The number of carbonyl (C=O) groups is 1. The first-order chi connectivity index (χ1) is 13.2. The summed E-state index contributed by atoms with van der Waals surface area (Å²) in [6.07, 6.45) is 6.30. The summed E-state index contributed by atoms with van der Waals surface area (Å²) in [6.45, 7) is 2.17. The van der Waals surface area contributed by atoms with Gasteiger partial charge in [0.2, 0.25) is 0 Å². The Hall–Kier alpha value is -2.58. The molecule has 1 saturated carbocycles. The van der Waals surface area contributed by atoms with Crippen molar-refractivity contribution >= 4 is 28.2 Å². The van der Waals surface area contributed by atoms with Crippen LogP contribution in [0.4, 0.5) is 0 Å². The number of rotatable bonds is 5. The largest absolute Gasteiger partial charge is 0.463 e. The van der Waals surface area contributed by atoms with E-state index in [1.165, 1.54) is 11.6 Å². The van der Waals surface area contributed by atoms with Crippen LogP contribution in [-0.4, -0.2) is 12.6 Å². The summed E-state index contributed by atoms with van der Waals surface area (Å²) in [7, 11) is 0. The topological polar surface area (TPSA) is 26.3 Å². The zero-order chi connectivity index (χ0) is 19.1. The van der Waals surface area contributed by atoms with Crippen LogP contribution in [0.3, 0.4) is 0 Å². The first kappa shape index (κ1) is 19.2. The third-order valence-electron chi connectivity index (χ3n) is 4.59. The Bertz CT molecular complexity index is 877. The molecule has 0 amide bonds. The molecule has 27 heavy (non-hydrogen) atoms. The van der Waals surface area contributed by atoms with E-state index in [-0.39, 0.29) is 5.97 Å². The van der Waals surface area contributed by atoms with Crippen LogP contribution >= 0.6 is 11.6 Å². The number of benzene rings is 2. The summed E-state index contributed by atoms with van der Waals surface area (Å²) in [4.78, 5) is 11.9. The van der Waals surface area contributed by atoms with E-state index in [0.717, 1.165) is 46.6 Å². The molecule has 0 radical (unpaired) electrons.